The zero-order valence-corrected chi connectivity index (χ0v) is 11.6. The molecule has 0 aliphatic carbocycles. The van der Waals surface area contributed by atoms with Crippen molar-refractivity contribution in [1.82, 2.24) is 0 Å². The molecule has 0 fully saturated rings. The molecule has 2 rings (SSSR count). The highest BCUT2D eigenvalue weighted by atomic mass is 32.1. The predicted octanol–water partition coefficient (Wildman–Crippen LogP) is 2.75. The smallest absolute Gasteiger partial charge is 0.127 e. The van der Waals surface area contributed by atoms with Gasteiger partial charge in [-0.3, -0.25) is 0 Å². The van der Waals surface area contributed by atoms with Crippen molar-refractivity contribution in [3.63, 3.8) is 0 Å². The first-order valence-corrected chi connectivity index (χ1v) is 6.35. The summed E-state index contributed by atoms with van der Waals surface area (Å²) in [6.45, 7) is 0. The Kier molecular flexibility index (Phi) is 4.09. The van der Waals surface area contributed by atoms with E-state index in [1.54, 1.807) is 0 Å². The molecule has 2 aromatic carbocycles. The van der Waals surface area contributed by atoms with Gasteiger partial charge in [-0.15, -0.1) is 0 Å². The van der Waals surface area contributed by atoms with Gasteiger partial charge in [-0.05, 0) is 48.5 Å². The van der Waals surface area contributed by atoms with Crippen molar-refractivity contribution in [3.8, 4) is 11.5 Å². The van der Waals surface area contributed by atoms with Gasteiger partial charge in [0.15, 0.2) is 0 Å². The zero-order chi connectivity index (χ0) is 13.8. The molecule has 0 amide bonds. The van der Waals surface area contributed by atoms with Gasteiger partial charge in [-0.2, -0.15) is 0 Å². The molecule has 0 aliphatic heterocycles. The number of rotatable bonds is 4. The van der Waals surface area contributed by atoms with Crippen LogP contribution in [0.2, 0.25) is 0 Å². The summed E-state index contributed by atoms with van der Waals surface area (Å²) >= 11 is 9.77. The van der Waals surface area contributed by atoms with Crippen molar-refractivity contribution in [3.05, 3.63) is 59.7 Å². The van der Waals surface area contributed by atoms with Crippen LogP contribution in [0.15, 0.2) is 48.5 Å². The molecule has 5 heteroatoms. The van der Waals surface area contributed by atoms with E-state index in [-0.39, 0.29) is 0 Å². The normalized spacial score (nSPS) is 9.89. The van der Waals surface area contributed by atoms with Crippen LogP contribution < -0.4 is 16.2 Å². The number of nitrogens with two attached hydrogens (primary N) is 2. The van der Waals surface area contributed by atoms with Crippen molar-refractivity contribution in [2.24, 2.45) is 11.5 Å². The first-order chi connectivity index (χ1) is 9.06. The summed E-state index contributed by atoms with van der Waals surface area (Å²) in [5.41, 5.74) is 12.7. The molecule has 3 nitrogen and oxygen atoms in total. The van der Waals surface area contributed by atoms with Gasteiger partial charge in [0.25, 0.3) is 0 Å². The van der Waals surface area contributed by atoms with Gasteiger partial charge in [0.1, 0.15) is 21.5 Å². The summed E-state index contributed by atoms with van der Waals surface area (Å²) < 4.78 is 5.68. The highest BCUT2D eigenvalue weighted by molar-refractivity contribution is 7.80. The Morgan fingerprint density at radius 3 is 1.26 bits per heavy atom. The number of benzene rings is 2. The third-order valence-corrected chi connectivity index (χ3v) is 2.98. The predicted molar refractivity (Wildman–Crippen MR) is 84.7 cm³/mol. The largest absolute Gasteiger partial charge is 0.457 e. The summed E-state index contributed by atoms with van der Waals surface area (Å²) in [4.78, 5) is 0.736. The summed E-state index contributed by atoms with van der Waals surface area (Å²) in [5.74, 6) is 1.42. The summed E-state index contributed by atoms with van der Waals surface area (Å²) in [6.07, 6.45) is 0. The maximum absolute atomic E-state index is 5.68. The number of ether oxygens (including phenoxy) is 1. The SMILES string of the molecule is NC(=S)c1ccc(Oc2ccc(C(N)=S)cc2)cc1. The van der Waals surface area contributed by atoms with Crippen LogP contribution in [0.25, 0.3) is 0 Å². The molecule has 0 atom stereocenters. The molecule has 0 aromatic heterocycles. The van der Waals surface area contributed by atoms with E-state index in [4.69, 9.17) is 40.6 Å². The third kappa shape index (κ3) is 3.49. The molecule has 0 saturated heterocycles. The topological polar surface area (TPSA) is 61.3 Å². The highest BCUT2D eigenvalue weighted by Gasteiger charge is 2.01. The van der Waals surface area contributed by atoms with E-state index in [0.29, 0.717) is 21.5 Å². The Morgan fingerprint density at radius 2 is 1.00 bits per heavy atom. The van der Waals surface area contributed by atoms with Gasteiger partial charge >= 0.3 is 0 Å². The van der Waals surface area contributed by atoms with Crippen LogP contribution in [-0.4, -0.2) is 9.98 Å². The second-order valence-electron chi connectivity index (χ2n) is 3.88. The molecule has 2 aromatic rings. The Balaban J connectivity index is 2.12. The molecular weight excluding hydrogens is 276 g/mol. The quantitative estimate of drug-likeness (QED) is 0.847. The number of hydrogen-bond donors (Lipinski definition) is 2. The lowest BCUT2D eigenvalue weighted by Gasteiger charge is -2.07. The van der Waals surface area contributed by atoms with Crippen LogP contribution in [0.5, 0.6) is 11.5 Å². The van der Waals surface area contributed by atoms with Gasteiger partial charge in [0.2, 0.25) is 0 Å². The van der Waals surface area contributed by atoms with E-state index >= 15 is 0 Å². The van der Waals surface area contributed by atoms with Crippen LogP contribution in [0.3, 0.4) is 0 Å². The van der Waals surface area contributed by atoms with Gasteiger partial charge in [-0.25, -0.2) is 0 Å². The minimum Gasteiger partial charge on any atom is -0.457 e. The Morgan fingerprint density at radius 1 is 0.684 bits per heavy atom. The monoisotopic (exact) mass is 288 g/mol. The fourth-order valence-electron chi connectivity index (χ4n) is 1.51. The molecule has 4 N–H and O–H groups in total. The van der Waals surface area contributed by atoms with E-state index in [0.717, 1.165) is 11.1 Å². The van der Waals surface area contributed by atoms with Crippen molar-refractivity contribution < 1.29 is 4.74 Å². The maximum atomic E-state index is 5.68. The first kappa shape index (κ1) is 13.5. The molecule has 0 aliphatic rings. The summed E-state index contributed by atoms with van der Waals surface area (Å²) in [7, 11) is 0. The van der Waals surface area contributed by atoms with Gasteiger partial charge in [0.05, 0.1) is 0 Å². The fraction of sp³-hybridized carbons (Fsp3) is 0. The van der Waals surface area contributed by atoms with E-state index in [9.17, 15) is 0 Å². The molecule has 19 heavy (non-hydrogen) atoms. The molecule has 0 unspecified atom stereocenters. The van der Waals surface area contributed by atoms with E-state index in [2.05, 4.69) is 0 Å². The number of hydrogen-bond acceptors (Lipinski definition) is 3. The zero-order valence-electron chi connectivity index (χ0n) is 10.00. The van der Waals surface area contributed by atoms with Crippen molar-refractivity contribution in [2.75, 3.05) is 0 Å². The fourth-order valence-corrected chi connectivity index (χ4v) is 1.78. The molecular formula is C14H12N2OS2. The molecule has 96 valence electrons. The maximum Gasteiger partial charge on any atom is 0.127 e. The van der Waals surface area contributed by atoms with Crippen LogP contribution in [-0.2, 0) is 0 Å². The average molecular weight is 288 g/mol. The second-order valence-corrected chi connectivity index (χ2v) is 4.76. The molecule has 0 radical (unpaired) electrons. The van der Waals surface area contributed by atoms with E-state index < -0.39 is 0 Å². The van der Waals surface area contributed by atoms with Crippen LogP contribution in [0, 0.1) is 0 Å². The molecule has 0 saturated carbocycles. The summed E-state index contributed by atoms with van der Waals surface area (Å²) in [6, 6.07) is 14.5. The summed E-state index contributed by atoms with van der Waals surface area (Å²) in [5, 5.41) is 0. The second kappa shape index (κ2) is 5.77. The lowest BCUT2D eigenvalue weighted by atomic mass is 10.2. The van der Waals surface area contributed by atoms with Crippen molar-refractivity contribution in [1.29, 1.82) is 0 Å². The van der Waals surface area contributed by atoms with Crippen molar-refractivity contribution in [2.45, 2.75) is 0 Å². The Hall–Kier alpha value is -1.98. The minimum atomic E-state index is 0.368. The van der Waals surface area contributed by atoms with E-state index in [1.807, 2.05) is 48.5 Å². The van der Waals surface area contributed by atoms with Gasteiger partial charge < -0.3 is 16.2 Å². The minimum absolute atomic E-state index is 0.368. The van der Waals surface area contributed by atoms with Crippen LogP contribution in [0.1, 0.15) is 11.1 Å². The van der Waals surface area contributed by atoms with Gasteiger partial charge in [0, 0.05) is 11.1 Å². The Bertz CT molecular complexity index is 551. The first-order valence-electron chi connectivity index (χ1n) is 5.54. The standard InChI is InChI=1S/C14H12N2OS2/c15-13(18)9-1-5-11(6-2-9)17-12-7-3-10(4-8-12)14(16)19/h1-8H,(H2,15,18)(H2,16,19). The highest BCUT2D eigenvalue weighted by Crippen LogP contribution is 2.22. The average Bonchev–Trinajstić information content (AvgIpc) is 2.40. The molecule has 0 spiro atoms. The van der Waals surface area contributed by atoms with Gasteiger partial charge in [-0.1, -0.05) is 24.4 Å². The molecule has 0 heterocycles. The van der Waals surface area contributed by atoms with Crippen molar-refractivity contribution >= 4 is 34.4 Å². The van der Waals surface area contributed by atoms with E-state index in [1.165, 1.54) is 0 Å². The third-order valence-electron chi connectivity index (χ3n) is 2.51. The lowest BCUT2D eigenvalue weighted by molar-refractivity contribution is 0.482. The molecule has 0 bridgehead atoms. The Labute approximate surface area is 122 Å². The van der Waals surface area contributed by atoms with Crippen LogP contribution in [0.4, 0.5) is 0 Å². The number of thiocarbonyl (C=S) groups is 2. The van der Waals surface area contributed by atoms with Crippen LogP contribution >= 0.6 is 24.4 Å². The lowest BCUT2D eigenvalue weighted by Crippen LogP contribution is -2.08.